The lowest BCUT2D eigenvalue weighted by molar-refractivity contribution is 0.298. The molecule has 0 bridgehead atoms. The van der Waals surface area contributed by atoms with Crippen molar-refractivity contribution in [1.29, 1.82) is 0 Å². The average Bonchev–Trinajstić information content (AvgIpc) is 2.41. The second-order valence-corrected chi connectivity index (χ2v) is 4.81. The second kappa shape index (κ2) is 5.96. The minimum atomic E-state index is -0.419. The number of ether oxygens (including phenoxy) is 1. The van der Waals surface area contributed by atoms with Gasteiger partial charge < -0.3 is 10.5 Å². The molecule has 0 aliphatic rings. The van der Waals surface area contributed by atoms with Crippen LogP contribution in [0.3, 0.4) is 0 Å². The van der Waals surface area contributed by atoms with Crippen molar-refractivity contribution in [3.63, 3.8) is 0 Å². The van der Waals surface area contributed by atoms with Crippen molar-refractivity contribution < 1.29 is 13.5 Å². The molecule has 0 amide bonds. The maximum Gasteiger partial charge on any atom is 0.129 e. The molecule has 2 N–H and O–H groups in total. The molecule has 2 aromatic carbocycles. The van der Waals surface area contributed by atoms with Crippen LogP contribution in [0.15, 0.2) is 36.4 Å². The molecule has 0 atom stereocenters. The van der Waals surface area contributed by atoms with Gasteiger partial charge in [0, 0.05) is 17.2 Å². The Morgan fingerprint density at radius 2 is 1.90 bits per heavy atom. The normalized spacial score (nSPS) is 10.3. The van der Waals surface area contributed by atoms with Crippen molar-refractivity contribution >= 4 is 17.2 Å². The van der Waals surface area contributed by atoms with Crippen molar-refractivity contribution in [3.05, 3.63) is 64.7 Å². The molecule has 0 heterocycles. The fourth-order valence-corrected chi connectivity index (χ4v) is 1.79. The Morgan fingerprint density at radius 1 is 1.15 bits per heavy atom. The first kappa shape index (κ1) is 14.4. The molecule has 0 aliphatic heterocycles. The first-order chi connectivity index (χ1) is 9.47. The van der Waals surface area contributed by atoms with Crippen molar-refractivity contribution in [2.24, 2.45) is 5.73 Å². The van der Waals surface area contributed by atoms with Crippen molar-refractivity contribution in [1.82, 2.24) is 0 Å². The molecule has 0 unspecified atom stereocenters. The Bertz CT molecular complexity index is 658. The third-order valence-electron chi connectivity index (χ3n) is 2.87. The Hall–Kier alpha value is -2.01. The van der Waals surface area contributed by atoms with E-state index in [-0.39, 0.29) is 17.4 Å². The summed E-state index contributed by atoms with van der Waals surface area (Å²) in [5, 5.41) is 0. The third kappa shape index (κ3) is 3.30. The summed E-state index contributed by atoms with van der Waals surface area (Å²) < 4.78 is 32.4. The van der Waals surface area contributed by atoms with Gasteiger partial charge in [0.05, 0.1) is 0 Å². The molecule has 0 fully saturated rings. The van der Waals surface area contributed by atoms with Crippen molar-refractivity contribution in [2.75, 3.05) is 0 Å². The summed E-state index contributed by atoms with van der Waals surface area (Å²) in [6.07, 6.45) is 0. The molecule has 0 saturated heterocycles. The predicted molar refractivity (Wildman–Crippen MR) is 77.8 cm³/mol. The van der Waals surface area contributed by atoms with Gasteiger partial charge in [0.25, 0.3) is 0 Å². The Morgan fingerprint density at radius 3 is 2.55 bits per heavy atom. The maximum absolute atomic E-state index is 13.6. The van der Waals surface area contributed by atoms with Crippen LogP contribution in [0.1, 0.15) is 16.7 Å². The minimum Gasteiger partial charge on any atom is -0.489 e. The molecule has 2 nitrogen and oxygen atoms in total. The third-order valence-corrected chi connectivity index (χ3v) is 3.10. The molecule has 0 aliphatic carbocycles. The Labute approximate surface area is 121 Å². The van der Waals surface area contributed by atoms with E-state index in [2.05, 4.69) is 0 Å². The van der Waals surface area contributed by atoms with Gasteiger partial charge in [0.2, 0.25) is 0 Å². The van der Waals surface area contributed by atoms with Crippen LogP contribution in [0.5, 0.6) is 5.75 Å². The van der Waals surface area contributed by atoms with E-state index in [1.807, 2.05) is 0 Å². The van der Waals surface area contributed by atoms with Crippen LogP contribution >= 0.6 is 12.2 Å². The molecule has 0 aromatic heterocycles. The Balaban J connectivity index is 2.15. The van der Waals surface area contributed by atoms with Gasteiger partial charge in [0.1, 0.15) is 29.0 Å². The number of hydrogen-bond donors (Lipinski definition) is 1. The van der Waals surface area contributed by atoms with E-state index >= 15 is 0 Å². The van der Waals surface area contributed by atoms with Crippen LogP contribution in [0.2, 0.25) is 0 Å². The summed E-state index contributed by atoms with van der Waals surface area (Å²) in [6, 6.07) is 8.82. The second-order valence-electron chi connectivity index (χ2n) is 4.37. The van der Waals surface area contributed by atoms with E-state index in [1.165, 1.54) is 24.3 Å². The molecule has 104 valence electrons. The summed E-state index contributed by atoms with van der Waals surface area (Å²) in [6.45, 7) is 1.63. The fraction of sp³-hybridized carbons (Fsp3) is 0.133. The first-order valence-corrected chi connectivity index (χ1v) is 6.35. The van der Waals surface area contributed by atoms with E-state index in [0.29, 0.717) is 22.4 Å². The standard InChI is InChI=1S/C15H13F2NOS/c1-9-2-4-12(7-14(9)17)19-8-11-6-10(15(18)20)3-5-13(11)16/h2-7H,8H2,1H3,(H2,18,20). The molecular weight excluding hydrogens is 280 g/mol. The number of benzene rings is 2. The lowest BCUT2D eigenvalue weighted by Gasteiger charge is -2.09. The van der Waals surface area contributed by atoms with E-state index < -0.39 is 5.82 Å². The van der Waals surface area contributed by atoms with Gasteiger partial charge in [-0.2, -0.15) is 0 Å². The smallest absolute Gasteiger partial charge is 0.129 e. The van der Waals surface area contributed by atoms with Gasteiger partial charge in [-0.1, -0.05) is 18.3 Å². The summed E-state index contributed by atoms with van der Waals surface area (Å²) in [5.41, 5.74) is 6.90. The van der Waals surface area contributed by atoms with Crippen molar-refractivity contribution in [2.45, 2.75) is 13.5 Å². The highest BCUT2D eigenvalue weighted by atomic mass is 32.1. The van der Waals surface area contributed by atoms with Crippen LogP contribution in [0.25, 0.3) is 0 Å². The molecular formula is C15H13F2NOS. The summed E-state index contributed by atoms with van der Waals surface area (Å²) >= 11 is 4.84. The molecule has 0 saturated carbocycles. The molecule has 2 rings (SSSR count). The van der Waals surface area contributed by atoms with Crippen LogP contribution in [0.4, 0.5) is 8.78 Å². The average molecular weight is 293 g/mol. The lowest BCUT2D eigenvalue weighted by Crippen LogP contribution is -2.10. The van der Waals surface area contributed by atoms with Crippen LogP contribution in [0, 0.1) is 18.6 Å². The van der Waals surface area contributed by atoms with E-state index in [1.54, 1.807) is 19.1 Å². The van der Waals surface area contributed by atoms with E-state index in [9.17, 15) is 8.78 Å². The highest BCUT2D eigenvalue weighted by Crippen LogP contribution is 2.18. The molecule has 5 heteroatoms. The lowest BCUT2D eigenvalue weighted by atomic mass is 10.1. The number of halogens is 2. The summed E-state index contributed by atoms with van der Waals surface area (Å²) in [7, 11) is 0. The highest BCUT2D eigenvalue weighted by molar-refractivity contribution is 7.80. The highest BCUT2D eigenvalue weighted by Gasteiger charge is 2.07. The SMILES string of the molecule is Cc1ccc(OCc2cc(C(N)=S)ccc2F)cc1F. The van der Waals surface area contributed by atoms with Crippen LogP contribution in [-0.2, 0) is 6.61 Å². The topological polar surface area (TPSA) is 35.2 Å². The van der Waals surface area contributed by atoms with Gasteiger partial charge in [0.15, 0.2) is 0 Å². The number of hydrogen-bond acceptors (Lipinski definition) is 2. The predicted octanol–water partition coefficient (Wildman–Crippen LogP) is 3.49. The summed E-state index contributed by atoms with van der Waals surface area (Å²) in [5.74, 6) is -0.439. The Kier molecular flexibility index (Phi) is 4.29. The van der Waals surface area contributed by atoms with Gasteiger partial charge in [-0.15, -0.1) is 0 Å². The largest absolute Gasteiger partial charge is 0.489 e. The maximum atomic E-state index is 13.6. The van der Waals surface area contributed by atoms with E-state index in [4.69, 9.17) is 22.7 Å². The molecule has 2 aromatic rings. The number of nitrogens with two attached hydrogens (primary N) is 1. The zero-order valence-corrected chi connectivity index (χ0v) is 11.6. The van der Waals surface area contributed by atoms with Crippen molar-refractivity contribution in [3.8, 4) is 5.75 Å². The fourth-order valence-electron chi connectivity index (χ4n) is 1.66. The molecule has 0 radical (unpaired) electrons. The van der Waals surface area contributed by atoms with Gasteiger partial charge in [-0.05, 0) is 36.8 Å². The van der Waals surface area contributed by atoms with Crippen LogP contribution in [-0.4, -0.2) is 4.99 Å². The quantitative estimate of drug-likeness (QED) is 0.877. The van der Waals surface area contributed by atoms with Gasteiger partial charge >= 0.3 is 0 Å². The summed E-state index contributed by atoms with van der Waals surface area (Å²) in [4.78, 5) is 0.188. The zero-order valence-electron chi connectivity index (χ0n) is 10.8. The molecule has 20 heavy (non-hydrogen) atoms. The minimum absolute atomic E-state index is 0.0230. The van der Waals surface area contributed by atoms with E-state index in [0.717, 1.165) is 0 Å². The van der Waals surface area contributed by atoms with Gasteiger partial charge in [-0.25, -0.2) is 8.78 Å². The molecule has 0 spiro atoms. The zero-order chi connectivity index (χ0) is 14.7. The monoisotopic (exact) mass is 293 g/mol. The van der Waals surface area contributed by atoms with Gasteiger partial charge in [-0.3, -0.25) is 0 Å². The van der Waals surface area contributed by atoms with Crippen LogP contribution < -0.4 is 10.5 Å². The number of rotatable bonds is 4. The number of aryl methyl sites for hydroxylation is 1. The number of thiocarbonyl (C=S) groups is 1. The first-order valence-electron chi connectivity index (χ1n) is 5.94.